The highest BCUT2D eigenvalue weighted by Crippen LogP contribution is 2.22. The number of nitrogens with one attached hydrogen (secondary N) is 1. The number of ketones is 1. The summed E-state index contributed by atoms with van der Waals surface area (Å²) in [5.74, 6) is 0.362. The van der Waals surface area contributed by atoms with Crippen LogP contribution in [0.4, 0.5) is 5.69 Å². The predicted octanol–water partition coefficient (Wildman–Crippen LogP) is 3.65. The van der Waals surface area contributed by atoms with E-state index >= 15 is 0 Å². The number of aryl methyl sites for hydroxylation is 2. The van der Waals surface area contributed by atoms with Crippen LogP contribution in [0.1, 0.15) is 21.5 Å². The van der Waals surface area contributed by atoms with Gasteiger partial charge in [-0.2, -0.15) is 0 Å². The molecule has 0 aliphatic rings. The summed E-state index contributed by atoms with van der Waals surface area (Å²) >= 11 is 1.50. The highest BCUT2D eigenvalue weighted by atomic mass is 32.2. The zero-order valence-corrected chi connectivity index (χ0v) is 14.9. The quantitative estimate of drug-likeness (QED) is 0.639. The number of Topliss-reactive ketones (excluding diaryl/α,β-unsaturated/α-hetero) is 1. The number of hydrogen-bond acceptors (Lipinski definition) is 4. The van der Waals surface area contributed by atoms with Crippen molar-refractivity contribution >= 4 is 33.3 Å². The Kier molecular flexibility index (Phi) is 5.49. The van der Waals surface area contributed by atoms with E-state index < -0.39 is 10.0 Å². The van der Waals surface area contributed by atoms with Gasteiger partial charge in [-0.3, -0.25) is 9.52 Å². The maximum atomic E-state index is 12.2. The minimum Gasteiger partial charge on any atom is -0.293 e. The van der Waals surface area contributed by atoms with Crippen molar-refractivity contribution in [2.45, 2.75) is 18.7 Å². The Morgan fingerprint density at radius 1 is 1.04 bits per heavy atom. The number of rotatable bonds is 6. The number of sulfonamides is 1. The molecule has 0 fully saturated rings. The van der Waals surface area contributed by atoms with E-state index in [1.807, 2.05) is 12.1 Å². The Morgan fingerprint density at radius 2 is 1.70 bits per heavy atom. The van der Waals surface area contributed by atoms with E-state index in [4.69, 9.17) is 0 Å². The molecule has 23 heavy (non-hydrogen) atoms. The minimum absolute atomic E-state index is 0.0131. The fourth-order valence-electron chi connectivity index (χ4n) is 1.97. The fourth-order valence-corrected chi connectivity index (χ4v) is 3.43. The summed E-state index contributed by atoms with van der Waals surface area (Å²) < 4.78 is 24.7. The largest absolute Gasteiger partial charge is 0.293 e. The summed E-state index contributed by atoms with van der Waals surface area (Å²) in [5.41, 5.74) is 3.46. The van der Waals surface area contributed by atoms with Crippen molar-refractivity contribution in [3.63, 3.8) is 0 Å². The molecule has 0 saturated heterocycles. The molecule has 0 aliphatic heterocycles. The highest BCUT2D eigenvalue weighted by Gasteiger charge is 2.08. The Hall–Kier alpha value is -1.79. The third-order valence-electron chi connectivity index (χ3n) is 3.36. The van der Waals surface area contributed by atoms with Crippen LogP contribution in [0.15, 0.2) is 47.4 Å². The van der Waals surface area contributed by atoms with Gasteiger partial charge >= 0.3 is 0 Å². The first-order valence-corrected chi connectivity index (χ1v) is 9.93. The maximum absolute atomic E-state index is 12.2. The first-order valence-electron chi connectivity index (χ1n) is 7.06. The lowest BCUT2D eigenvalue weighted by molar-refractivity contribution is 0.102. The van der Waals surface area contributed by atoms with Gasteiger partial charge in [0.05, 0.1) is 12.0 Å². The standard InChI is InChI=1S/C17H19NO3S2/c1-12-4-9-16(10-13(12)2)22-11-17(19)14-5-7-15(8-6-14)18-23(3,20)21/h4-10,18H,11H2,1-3H3. The average molecular weight is 349 g/mol. The summed E-state index contributed by atoms with van der Waals surface area (Å²) in [6, 6.07) is 12.6. The van der Waals surface area contributed by atoms with Crippen LogP contribution in [0.5, 0.6) is 0 Å². The van der Waals surface area contributed by atoms with Gasteiger partial charge in [0.15, 0.2) is 5.78 Å². The average Bonchev–Trinajstić information content (AvgIpc) is 2.47. The second kappa shape index (κ2) is 7.19. The highest BCUT2D eigenvalue weighted by molar-refractivity contribution is 8.00. The first kappa shape index (κ1) is 17.6. The second-order valence-electron chi connectivity index (χ2n) is 5.41. The Morgan fingerprint density at radius 3 is 2.26 bits per heavy atom. The van der Waals surface area contributed by atoms with Gasteiger partial charge in [0, 0.05) is 16.1 Å². The number of anilines is 1. The van der Waals surface area contributed by atoms with Crippen molar-refractivity contribution in [2.75, 3.05) is 16.7 Å². The molecule has 0 aromatic heterocycles. The van der Waals surface area contributed by atoms with Crippen molar-refractivity contribution in [3.8, 4) is 0 Å². The predicted molar refractivity (Wildman–Crippen MR) is 95.9 cm³/mol. The second-order valence-corrected chi connectivity index (χ2v) is 8.21. The summed E-state index contributed by atoms with van der Waals surface area (Å²) in [5, 5.41) is 0. The molecule has 1 N–H and O–H groups in total. The van der Waals surface area contributed by atoms with Crippen LogP contribution < -0.4 is 4.72 Å². The SMILES string of the molecule is Cc1ccc(SCC(=O)c2ccc(NS(C)(=O)=O)cc2)cc1C. The first-order chi connectivity index (χ1) is 10.7. The normalized spacial score (nSPS) is 11.3. The summed E-state index contributed by atoms with van der Waals surface area (Å²) in [6.07, 6.45) is 1.09. The van der Waals surface area contributed by atoms with Gasteiger partial charge in [0.25, 0.3) is 0 Å². The molecule has 2 aromatic carbocycles. The van der Waals surface area contributed by atoms with Gasteiger partial charge in [-0.15, -0.1) is 11.8 Å². The molecular formula is C17H19NO3S2. The van der Waals surface area contributed by atoms with E-state index in [1.165, 1.54) is 22.9 Å². The molecule has 0 atom stereocenters. The number of thioether (sulfide) groups is 1. The molecule has 0 spiro atoms. The van der Waals surface area contributed by atoms with Gasteiger partial charge < -0.3 is 0 Å². The number of hydrogen-bond donors (Lipinski definition) is 1. The molecule has 6 heteroatoms. The van der Waals surface area contributed by atoms with Crippen molar-refractivity contribution in [1.82, 2.24) is 0 Å². The molecule has 2 aromatic rings. The zero-order valence-electron chi connectivity index (χ0n) is 13.3. The van der Waals surface area contributed by atoms with Crippen LogP contribution >= 0.6 is 11.8 Å². The topological polar surface area (TPSA) is 63.2 Å². The lowest BCUT2D eigenvalue weighted by Crippen LogP contribution is -2.10. The molecule has 0 aliphatic carbocycles. The van der Waals surface area contributed by atoms with Crippen LogP contribution in [0.25, 0.3) is 0 Å². The number of carbonyl (C=O) groups is 1. The third-order valence-corrected chi connectivity index (χ3v) is 4.96. The molecule has 122 valence electrons. The molecule has 0 bridgehead atoms. The van der Waals surface area contributed by atoms with E-state index in [0.29, 0.717) is 17.0 Å². The van der Waals surface area contributed by atoms with Crippen LogP contribution in [-0.2, 0) is 10.0 Å². The van der Waals surface area contributed by atoms with Gasteiger partial charge in [0.1, 0.15) is 0 Å². The molecule has 0 heterocycles. The maximum Gasteiger partial charge on any atom is 0.229 e. The number of benzene rings is 2. The van der Waals surface area contributed by atoms with Crippen LogP contribution in [0.2, 0.25) is 0 Å². The van der Waals surface area contributed by atoms with E-state index in [2.05, 4.69) is 24.6 Å². The summed E-state index contributed by atoms with van der Waals surface area (Å²) in [7, 11) is -3.30. The molecule has 0 saturated carbocycles. The molecule has 0 amide bonds. The smallest absolute Gasteiger partial charge is 0.229 e. The minimum atomic E-state index is -3.30. The molecule has 0 radical (unpaired) electrons. The van der Waals surface area contributed by atoms with Crippen molar-refractivity contribution in [1.29, 1.82) is 0 Å². The van der Waals surface area contributed by atoms with Gasteiger partial charge in [-0.1, -0.05) is 6.07 Å². The van der Waals surface area contributed by atoms with Crippen molar-refractivity contribution < 1.29 is 13.2 Å². The summed E-state index contributed by atoms with van der Waals surface area (Å²) in [6.45, 7) is 4.11. The zero-order chi connectivity index (χ0) is 17.0. The van der Waals surface area contributed by atoms with Crippen molar-refractivity contribution in [3.05, 3.63) is 59.2 Å². The van der Waals surface area contributed by atoms with Crippen LogP contribution in [0.3, 0.4) is 0 Å². The Labute approximate surface area is 141 Å². The van der Waals surface area contributed by atoms with Gasteiger partial charge in [-0.25, -0.2) is 8.42 Å². The molecule has 0 unspecified atom stereocenters. The lowest BCUT2D eigenvalue weighted by atomic mass is 10.1. The monoisotopic (exact) mass is 349 g/mol. The summed E-state index contributed by atoms with van der Waals surface area (Å²) in [4.78, 5) is 13.3. The van der Waals surface area contributed by atoms with E-state index in [9.17, 15) is 13.2 Å². The Balaban J connectivity index is 1.99. The van der Waals surface area contributed by atoms with Crippen LogP contribution in [0, 0.1) is 13.8 Å². The third kappa shape index (κ3) is 5.41. The van der Waals surface area contributed by atoms with E-state index in [0.717, 1.165) is 11.2 Å². The molecular weight excluding hydrogens is 330 g/mol. The molecule has 4 nitrogen and oxygen atoms in total. The fraction of sp³-hybridized carbons (Fsp3) is 0.235. The number of carbonyl (C=O) groups excluding carboxylic acids is 1. The van der Waals surface area contributed by atoms with E-state index in [-0.39, 0.29) is 5.78 Å². The van der Waals surface area contributed by atoms with Gasteiger partial charge in [-0.05, 0) is 61.4 Å². The van der Waals surface area contributed by atoms with E-state index in [1.54, 1.807) is 24.3 Å². The van der Waals surface area contributed by atoms with Crippen LogP contribution in [-0.4, -0.2) is 26.2 Å². The van der Waals surface area contributed by atoms with Gasteiger partial charge in [0.2, 0.25) is 10.0 Å². The van der Waals surface area contributed by atoms with Crippen molar-refractivity contribution in [2.24, 2.45) is 0 Å². The lowest BCUT2D eigenvalue weighted by Gasteiger charge is -2.06. The Bertz CT molecular complexity index is 812. The molecule has 2 rings (SSSR count).